The molecule has 0 amide bonds. The van der Waals surface area contributed by atoms with Gasteiger partial charge in [-0.3, -0.25) is 0 Å². The molecule has 1 saturated heterocycles. The molecule has 5 nitrogen and oxygen atoms in total. The maximum atomic E-state index is 12.4. The van der Waals surface area contributed by atoms with E-state index >= 15 is 0 Å². The zero-order chi connectivity index (χ0) is 14.8. The van der Waals surface area contributed by atoms with Gasteiger partial charge in [0.1, 0.15) is 5.75 Å². The lowest BCUT2D eigenvalue weighted by Gasteiger charge is -2.15. The van der Waals surface area contributed by atoms with Gasteiger partial charge in [0.05, 0.1) is 12.0 Å². The van der Waals surface area contributed by atoms with Crippen LogP contribution in [0.2, 0.25) is 0 Å². The van der Waals surface area contributed by atoms with E-state index < -0.39 is 10.0 Å². The molecule has 1 aromatic carbocycles. The molecular formula is C14H22N2O3S. The van der Waals surface area contributed by atoms with Crippen LogP contribution in [0.1, 0.15) is 24.0 Å². The maximum Gasteiger partial charge on any atom is 0.240 e. The Hall–Kier alpha value is -1.11. The van der Waals surface area contributed by atoms with Gasteiger partial charge in [-0.2, -0.15) is 0 Å². The average molecular weight is 298 g/mol. The number of ether oxygens (including phenoxy) is 1. The van der Waals surface area contributed by atoms with Gasteiger partial charge in [-0.1, -0.05) is 0 Å². The smallest absolute Gasteiger partial charge is 0.240 e. The molecule has 0 bridgehead atoms. The van der Waals surface area contributed by atoms with Crippen molar-refractivity contribution in [1.29, 1.82) is 0 Å². The highest BCUT2D eigenvalue weighted by atomic mass is 32.2. The fourth-order valence-corrected chi connectivity index (χ4v) is 3.88. The van der Waals surface area contributed by atoms with Crippen LogP contribution >= 0.6 is 0 Å². The molecule has 1 aliphatic rings. The summed E-state index contributed by atoms with van der Waals surface area (Å²) in [6.45, 7) is 5.03. The minimum atomic E-state index is -3.47. The van der Waals surface area contributed by atoms with Crippen LogP contribution in [0.3, 0.4) is 0 Å². The summed E-state index contributed by atoms with van der Waals surface area (Å²) in [6.07, 6.45) is 2.12. The monoisotopic (exact) mass is 298 g/mol. The molecule has 1 atom stereocenters. The lowest BCUT2D eigenvalue weighted by atomic mass is 10.1. The van der Waals surface area contributed by atoms with Crippen molar-refractivity contribution in [2.45, 2.75) is 37.6 Å². The third kappa shape index (κ3) is 3.31. The molecule has 0 saturated carbocycles. The Morgan fingerprint density at radius 1 is 1.35 bits per heavy atom. The Labute approximate surface area is 120 Å². The highest BCUT2D eigenvalue weighted by molar-refractivity contribution is 7.89. The van der Waals surface area contributed by atoms with Gasteiger partial charge >= 0.3 is 0 Å². The van der Waals surface area contributed by atoms with Crippen LogP contribution < -0.4 is 14.8 Å². The number of nitrogens with one attached hydrogen (secondary N) is 2. The molecule has 0 radical (unpaired) electrons. The van der Waals surface area contributed by atoms with Gasteiger partial charge in [0.25, 0.3) is 0 Å². The van der Waals surface area contributed by atoms with Gasteiger partial charge in [0.15, 0.2) is 0 Å². The Bertz CT molecular complexity index is 578. The van der Waals surface area contributed by atoms with E-state index in [1.807, 2.05) is 6.92 Å². The van der Waals surface area contributed by atoms with E-state index in [1.54, 1.807) is 26.2 Å². The molecule has 0 aliphatic carbocycles. The third-order valence-electron chi connectivity index (χ3n) is 3.66. The quantitative estimate of drug-likeness (QED) is 0.861. The van der Waals surface area contributed by atoms with Crippen molar-refractivity contribution in [1.82, 2.24) is 10.0 Å². The van der Waals surface area contributed by atoms with Crippen molar-refractivity contribution in [3.8, 4) is 5.75 Å². The number of benzene rings is 1. The van der Waals surface area contributed by atoms with Crippen molar-refractivity contribution in [2.24, 2.45) is 0 Å². The van der Waals surface area contributed by atoms with E-state index in [-0.39, 0.29) is 6.04 Å². The first-order valence-electron chi connectivity index (χ1n) is 6.82. The molecule has 2 rings (SSSR count). The summed E-state index contributed by atoms with van der Waals surface area (Å²) in [7, 11) is -1.89. The summed E-state index contributed by atoms with van der Waals surface area (Å²) in [6, 6.07) is 3.67. The normalized spacial score (nSPS) is 19.2. The molecule has 0 aromatic heterocycles. The number of hydrogen-bond donors (Lipinski definition) is 2. The van der Waals surface area contributed by atoms with Gasteiger partial charge in [-0.15, -0.1) is 0 Å². The van der Waals surface area contributed by atoms with Crippen molar-refractivity contribution in [3.63, 3.8) is 0 Å². The van der Waals surface area contributed by atoms with E-state index in [9.17, 15) is 8.42 Å². The van der Waals surface area contributed by atoms with Crippen LogP contribution in [-0.4, -0.2) is 34.7 Å². The summed E-state index contributed by atoms with van der Waals surface area (Å²) >= 11 is 0. The number of aryl methyl sites for hydroxylation is 2. The molecule has 1 heterocycles. The van der Waals surface area contributed by atoms with Gasteiger partial charge < -0.3 is 10.1 Å². The fraction of sp³-hybridized carbons (Fsp3) is 0.571. The molecule has 0 spiro atoms. The minimum absolute atomic E-state index is 0.240. The Morgan fingerprint density at radius 2 is 2.10 bits per heavy atom. The molecule has 20 heavy (non-hydrogen) atoms. The molecule has 1 aromatic rings. The fourth-order valence-electron chi connectivity index (χ4n) is 2.49. The lowest BCUT2D eigenvalue weighted by molar-refractivity contribution is 0.411. The Balaban J connectivity index is 2.18. The molecule has 1 fully saturated rings. The van der Waals surface area contributed by atoms with Gasteiger partial charge in [-0.05, 0) is 56.5 Å². The Kier molecular flexibility index (Phi) is 4.67. The maximum absolute atomic E-state index is 12.4. The standard InChI is InChI=1S/C14H22N2O3S/c1-10-8-14(11(2)7-13(10)19-3)20(17,18)16-9-12-5-4-6-15-12/h7-8,12,15-16H,4-6,9H2,1-3H3. The van der Waals surface area contributed by atoms with Crippen LogP contribution in [0.5, 0.6) is 5.75 Å². The first-order valence-corrected chi connectivity index (χ1v) is 8.30. The van der Waals surface area contributed by atoms with Crippen molar-refractivity contribution in [3.05, 3.63) is 23.3 Å². The SMILES string of the molecule is COc1cc(C)c(S(=O)(=O)NCC2CCCN2)cc1C. The van der Waals surface area contributed by atoms with Gasteiger partial charge in [-0.25, -0.2) is 13.1 Å². The lowest BCUT2D eigenvalue weighted by Crippen LogP contribution is -2.37. The highest BCUT2D eigenvalue weighted by Gasteiger charge is 2.21. The van der Waals surface area contributed by atoms with Crippen molar-refractivity contribution in [2.75, 3.05) is 20.2 Å². The summed E-state index contributed by atoms with van der Waals surface area (Å²) in [4.78, 5) is 0.328. The summed E-state index contributed by atoms with van der Waals surface area (Å²) < 4.78 is 32.7. The molecule has 1 unspecified atom stereocenters. The first kappa shape index (κ1) is 15.3. The van der Waals surface area contributed by atoms with Crippen LogP contribution in [0.15, 0.2) is 17.0 Å². The largest absolute Gasteiger partial charge is 0.496 e. The third-order valence-corrected chi connectivity index (χ3v) is 5.23. The topological polar surface area (TPSA) is 67.4 Å². The van der Waals surface area contributed by atoms with Crippen LogP contribution in [0, 0.1) is 13.8 Å². The summed E-state index contributed by atoms with van der Waals surface area (Å²) in [5.74, 6) is 0.707. The predicted molar refractivity (Wildman–Crippen MR) is 78.7 cm³/mol. The Morgan fingerprint density at radius 3 is 2.70 bits per heavy atom. The van der Waals surface area contributed by atoms with E-state index in [0.29, 0.717) is 22.8 Å². The van der Waals surface area contributed by atoms with E-state index in [4.69, 9.17) is 4.74 Å². The van der Waals surface area contributed by atoms with Crippen molar-refractivity contribution < 1.29 is 13.2 Å². The highest BCUT2D eigenvalue weighted by Crippen LogP contribution is 2.25. The second-order valence-corrected chi connectivity index (χ2v) is 6.97. The minimum Gasteiger partial charge on any atom is -0.496 e. The van der Waals surface area contributed by atoms with E-state index in [0.717, 1.165) is 24.9 Å². The molecule has 6 heteroatoms. The number of hydrogen-bond acceptors (Lipinski definition) is 4. The van der Waals surface area contributed by atoms with Crippen molar-refractivity contribution >= 4 is 10.0 Å². The zero-order valence-electron chi connectivity index (χ0n) is 12.2. The molecule has 112 valence electrons. The van der Waals surface area contributed by atoms with E-state index in [1.165, 1.54) is 0 Å². The van der Waals surface area contributed by atoms with Gasteiger partial charge in [0, 0.05) is 12.6 Å². The second kappa shape index (κ2) is 6.11. The predicted octanol–water partition coefficient (Wildman–Crippen LogP) is 1.34. The van der Waals surface area contributed by atoms with Crippen LogP contribution in [0.25, 0.3) is 0 Å². The zero-order valence-corrected chi connectivity index (χ0v) is 13.0. The van der Waals surface area contributed by atoms with E-state index in [2.05, 4.69) is 10.0 Å². The summed E-state index contributed by atoms with van der Waals surface area (Å²) in [5.41, 5.74) is 1.51. The summed E-state index contributed by atoms with van der Waals surface area (Å²) in [5, 5.41) is 3.28. The number of methoxy groups -OCH3 is 1. The average Bonchev–Trinajstić information content (AvgIpc) is 2.92. The second-order valence-electron chi connectivity index (χ2n) is 5.23. The number of sulfonamides is 1. The molecule has 2 N–H and O–H groups in total. The molecular weight excluding hydrogens is 276 g/mol. The van der Waals surface area contributed by atoms with Gasteiger partial charge in [0.2, 0.25) is 10.0 Å². The van der Waals surface area contributed by atoms with Crippen LogP contribution in [-0.2, 0) is 10.0 Å². The van der Waals surface area contributed by atoms with Crippen LogP contribution in [0.4, 0.5) is 0 Å². The number of rotatable bonds is 5. The first-order chi connectivity index (χ1) is 9.44. The molecule has 1 aliphatic heterocycles.